The number of carbonyl (C=O) groups is 1. The summed E-state index contributed by atoms with van der Waals surface area (Å²) >= 11 is 0. The Bertz CT molecular complexity index is 885. The van der Waals surface area contributed by atoms with Crippen molar-refractivity contribution in [2.75, 3.05) is 6.61 Å². The monoisotopic (exact) mass is 361 g/mol. The Balaban J connectivity index is 1.65. The van der Waals surface area contributed by atoms with Gasteiger partial charge in [0.25, 0.3) is 5.56 Å². The normalized spacial score (nSPS) is 22.8. The van der Waals surface area contributed by atoms with Crippen LogP contribution in [0.5, 0.6) is 0 Å². The molecule has 0 bridgehead atoms. The maximum atomic E-state index is 13.1. The van der Waals surface area contributed by atoms with Crippen molar-refractivity contribution in [2.45, 2.75) is 70.7 Å². The molecule has 1 aliphatic heterocycles. The third kappa shape index (κ3) is 3.11. The summed E-state index contributed by atoms with van der Waals surface area (Å²) in [6, 6.07) is 0.287. The molecule has 9 heteroatoms. The lowest BCUT2D eigenvalue weighted by atomic mass is 10.2. The minimum absolute atomic E-state index is 0.191. The van der Waals surface area contributed by atoms with Crippen molar-refractivity contribution in [3.8, 4) is 0 Å². The third-order valence-electron chi connectivity index (χ3n) is 4.82. The summed E-state index contributed by atoms with van der Waals surface area (Å²) in [6.07, 6.45) is 4.40. The van der Waals surface area contributed by atoms with E-state index in [0.717, 1.165) is 31.4 Å². The van der Waals surface area contributed by atoms with Crippen molar-refractivity contribution in [1.29, 1.82) is 0 Å². The summed E-state index contributed by atoms with van der Waals surface area (Å²) in [7, 11) is 0. The van der Waals surface area contributed by atoms with Crippen molar-refractivity contribution in [3.63, 3.8) is 0 Å². The zero-order chi connectivity index (χ0) is 18.3. The molecular formula is C17H23N5O4. The highest BCUT2D eigenvalue weighted by molar-refractivity contribution is 5.76. The minimum Gasteiger partial charge on any atom is -0.463 e. The summed E-state index contributed by atoms with van der Waals surface area (Å²) in [4.78, 5) is 24.0. The topological polar surface area (TPSA) is 101 Å². The van der Waals surface area contributed by atoms with Gasteiger partial charge in [-0.3, -0.25) is 14.3 Å². The average molecular weight is 361 g/mol. The molecule has 1 aliphatic carbocycles. The molecule has 9 nitrogen and oxygen atoms in total. The van der Waals surface area contributed by atoms with E-state index in [4.69, 9.17) is 9.47 Å². The molecule has 3 heterocycles. The summed E-state index contributed by atoms with van der Waals surface area (Å²) < 4.78 is 14.0. The Morgan fingerprint density at radius 1 is 1.27 bits per heavy atom. The van der Waals surface area contributed by atoms with Crippen molar-refractivity contribution in [3.05, 3.63) is 16.0 Å². The van der Waals surface area contributed by atoms with Crippen molar-refractivity contribution >= 4 is 17.0 Å². The van der Waals surface area contributed by atoms with Gasteiger partial charge in [-0.15, -0.1) is 5.10 Å². The molecule has 1 saturated carbocycles. The number of aromatic nitrogens is 5. The van der Waals surface area contributed by atoms with Crippen LogP contribution in [-0.2, 0) is 20.7 Å². The molecule has 26 heavy (non-hydrogen) atoms. The molecule has 0 spiro atoms. The van der Waals surface area contributed by atoms with E-state index in [9.17, 15) is 9.59 Å². The predicted octanol–water partition coefficient (Wildman–Crippen LogP) is 1.52. The molecule has 2 unspecified atom stereocenters. The Hall–Kier alpha value is -2.29. The second-order valence-electron chi connectivity index (χ2n) is 7.00. The molecule has 0 radical (unpaired) electrons. The van der Waals surface area contributed by atoms with Gasteiger partial charge >= 0.3 is 5.97 Å². The second-order valence-corrected chi connectivity index (χ2v) is 7.00. The van der Waals surface area contributed by atoms with Crippen molar-refractivity contribution in [2.24, 2.45) is 0 Å². The zero-order valence-corrected chi connectivity index (χ0v) is 15.1. The molecule has 2 aliphatic rings. The SMILES string of the molecule is CCCc1nn(C2CC2)c2c(=O)n(C3CCC(COC(C)=O)O3)nnc12. The standard InChI is InChI=1S/C17H23N5O4/c1-3-4-13-15-16(21(19-13)11-5-6-11)17(24)22(20-18-15)14-8-7-12(26-14)9-25-10(2)23/h11-12,14H,3-9H2,1-2H3. The third-order valence-corrected chi connectivity index (χ3v) is 4.82. The molecule has 0 amide bonds. The first-order chi connectivity index (χ1) is 12.6. The van der Waals surface area contributed by atoms with Crippen LogP contribution in [0.2, 0.25) is 0 Å². The molecule has 1 saturated heterocycles. The maximum absolute atomic E-state index is 13.1. The molecule has 140 valence electrons. The van der Waals surface area contributed by atoms with Gasteiger partial charge in [0.1, 0.15) is 12.1 Å². The molecule has 4 rings (SSSR count). The fraction of sp³-hybridized carbons (Fsp3) is 0.706. The van der Waals surface area contributed by atoms with Crippen LogP contribution in [0.15, 0.2) is 4.79 Å². The van der Waals surface area contributed by atoms with Crippen LogP contribution in [0.4, 0.5) is 0 Å². The summed E-state index contributed by atoms with van der Waals surface area (Å²) in [5.74, 6) is -0.341. The predicted molar refractivity (Wildman–Crippen MR) is 91.6 cm³/mol. The number of hydrogen-bond acceptors (Lipinski definition) is 7. The maximum Gasteiger partial charge on any atom is 0.302 e. The van der Waals surface area contributed by atoms with E-state index in [0.29, 0.717) is 23.9 Å². The Kier molecular flexibility index (Phi) is 4.47. The van der Waals surface area contributed by atoms with Gasteiger partial charge in [0, 0.05) is 6.92 Å². The van der Waals surface area contributed by atoms with Gasteiger partial charge < -0.3 is 9.47 Å². The van der Waals surface area contributed by atoms with Crippen LogP contribution in [0, 0.1) is 0 Å². The van der Waals surface area contributed by atoms with Crippen LogP contribution >= 0.6 is 0 Å². The number of carbonyl (C=O) groups excluding carboxylic acids is 1. The van der Waals surface area contributed by atoms with E-state index in [1.54, 1.807) is 0 Å². The van der Waals surface area contributed by atoms with Crippen LogP contribution in [0.1, 0.15) is 63.9 Å². The highest BCUT2D eigenvalue weighted by Crippen LogP contribution is 2.36. The lowest BCUT2D eigenvalue weighted by Gasteiger charge is -2.14. The van der Waals surface area contributed by atoms with E-state index < -0.39 is 6.23 Å². The van der Waals surface area contributed by atoms with E-state index >= 15 is 0 Å². The molecular weight excluding hydrogens is 338 g/mol. The molecule has 2 fully saturated rings. The van der Waals surface area contributed by atoms with Gasteiger partial charge in [-0.05, 0) is 32.1 Å². The molecule has 2 aromatic heterocycles. The van der Waals surface area contributed by atoms with E-state index in [2.05, 4.69) is 22.3 Å². The van der Waals surface area contributed by atoms with Gasteiger partial charge in [-0.1, -0.05) is 18.6 Å². The van der Waals surface area contributed by atoms with Crippen molar-refractivity contribution in [1.82, 2.24) is 24.8 Å². The molecule has 2 aromatic rings. The van der Waals surface area contributed by atoms with Crippen LogP contribution < -0.4 is 5.56 Å². The minimum atomic E-state index is -0.489. The van der Waals surface area contributed by atoms with E-state index in [1.807, 2.05) is 4.68 Å². The van der Waals surface area contributed by atoms with Gasteiger partial charge in [0.2, 0.25) is 0 Å². The number of fused-ring (bicyclic) bond motifs is 1. The number of ether oxygens (including phenoxy) is 2. The lowest BCUT2D eigenvalue weighted by molar-refractivity contribution is -0.145. The van der Waals surface area contributed by atoms with E-state index in [1.165, 1.54) is 11.6 Å². The van der Waals surface area contributed by atoms with Crippen molar-refractivity contribution < 1.29 is 14.3 Å². The molecule has 2 atom stereocenters. The first kappa shape index (κ1) is 17.1. The highest BCUT2D eigenvalue weighted by Gasteiger charge is 2.33. The Labute approximate surface area is 150 Å². The van der Waals surface area contributed by atoms with Crippen LogP contribution in [0.3, 0.4) is 0 Å². The highest BCUT2D eigenvalue weighted by atomic mass is 16.6. The number of esters is 1. The lowest BCUT2D eigenvalue weighted by Crippen LogP contribution is -2.30. The molecule has 0 aromatic carbocycles. The number of nitrogens with zero attached hydrogens (tertiary/aromatic N) is 5. The van der Waals surface area contributed by atoms with Crippen LogP contribution in [-0.4, -0.2) is 43.5 Å². The Morgan fingerprint density at radius 3 is 2.77 bits per heavy atom. The van der Waals surface area contributed by atoms with Gasteiger partial charge in [-0.2, -0.15) is 9.78 Å². The van der Waals surface area contributed by atoms with Crippen LogP contribution in [0.25, 0.3) is 11.0 Å². The average Bonchev–Trinajstić information content (AvgIpc) is 3.23. The summed E-state index contributed by atoms with van der Waals surface area (Å²) in [6.45, 7) is 3.63. The van der Waals surface area contributed by atoms with Gasteiger partial charge in [-0.25, -0.2) is 0 Å². The zero-order valence-electron chi connectivity index (χ0n) is 15.1. The second kappa shape index (κ2) is 6.79. The number of rotatable bonds is 6. The molecule has 0 N–H and O–H groups in total. The largest absolute Gasteiger partial charge is 0.463 e. The summed E-state index contributed by atoms with van der Waals surface area (Å²) in [5, 5.41) is 13.1. The summed E-state index contributed by atoms with van der Waals surface area (Å²) in [5.41, 5.74) is 1.76. The first-order valence-corrected chi connectivity index (χ1v) is 9.24. The fourth-order valence-electron chi connectivity index (χ4n) is 3.40. The smallest absolute Gasteiger partial charge is 0.302 e. The number of hydrogen-bond donors (Lipinski definition) is 0. The quantitative estimate of drug-likeness (QED) is 0.719. The first-order valence-electron chi connectivity index (χ1n) is 9.24. The Morgan fingerprint density at radius 2 is 2.08 bits per heavy atom. The van der Waals surface area contributed by atoms with Gasteiger partial charge in [0.05, 0.1) is 17.8 Å². The number of aryl methyl sites for hydroxylation is 1. The van der Waals surface area contributed by atoms with E-state index in [-0.39, 0.29) is 30.3 Å². The fourth-order valence-corrected chi connectivity index (χ4v) is 3.40. The van der Waals surface area contributed by atoms with Gasteiger partial charge in [0.15, 0.2) is 11.7 Å².